The minimum Gasteiger partial charge on any atom is -0.434 e. The molecule has 2 aromatic carbocycles. The minimum absolute atomic E-state index is 0. The van der Waals surface area contributed by atoms with E-state index in [-0.39, 0.29) is 29.7 Å². The summed E-state index contributed by atoms with van der Waals surface area (Å²) in [6.45, 7) is 1.15. The first-order valence-corrected chi connectivity index (χ1v) is 8.74. The highest BCUT2D eigenvalue weighted by Crippen LogP contribution is 2.19. The van der Waals surface area contributed by atoms with Crippen molar-refractivity contribution in [1.82, 2.24) is 10.6 Å². The van der Waals surface area contributed by atoms with Crippen molar-refractivity contribution in [2.24, 2.45) is 4.99 Å². The van der Waals surface area contributed by atoms with Crippen molar-refractivity contribution in [1.29, 1.82) is 0 Å². The predicted octanol–water partition coefficient (Wildman–Crippen LogP) is 4.31. The lowest BCUT2D eigenvalue weighted by Gasteiger charge is -2.14. The van der Waals surface area contributed by atoms with Gasteiger partial charge in [0.2, 0.25) is 0 Å². The molecule has 0 radical (unpaired) electrons. The van der Waals surface area contributed by atoms with Crippen LogP contribution in [0.15, 0.2) is 53.5 Å². The Balaban J connectivity index is 0.00000392. The van der Waals surface area contributed by atoms with Gasteiger partial charge in [-0.25, -0.2) is 4.99 Å². The third-order valence-electron chi connectivity index (χ3n) is 3.70. The third kappa shape index (κ3) is 8.39. The Morgan fingerprint density at radius 1 is 1.07 bits per heavy atom. The number of aliphatic imine (C=N–C) groups is 1. The lowest BCUT2D eigenvalue weighted by atomic mass is 10.1. The average molecular weight is 505 g/mol. The molecule has 0 aliphatic rings. The van der Waals surface area contributed by atoms with Crippen molar-refractivity contribution in [3.05, 3.63) is 65.2 Å². The van der Waals surface area contributed by atoms with E-state index in [1.807, 2.05) is 31.2 Å². The molecule has 0 atom stereocenters. The summed E-state index contributed by atoms with van der Waals surface area (Å²) in [5.41, 5.74) is 2.77. The number of hydrogen-bond donors (Lipinski definition) is 2. The molecule has 0 bridgehead atoms. The van der Waals surface area contributed by atoms with Gasteiger partial charge >= 0.3 is 6.61 Å². The van der Waals surface area contributed by atoms with E-state index in [0.29, 0.717) is 37.8 Å². The zero-order chi connectivity index (χ0) is 19.5. The van der Waals surface area contributed by atoms with Crippen LogP contribution < -0.4 is 15.4 Å². The van der Waals surface area contributed by atoms with Crippen LogP contribution in [-0.4, -0.2) is 26.2 Å². The molecule has 2 N–H and O–H groups in total. The van der Waals surface area contributed by atoms with E-state index in [1.54, 1.807) is 25.3 Å². The van der Waals surface area contributed by atoms with Gasteiger partial charge in [-0.2, -0.15) is 8.78 Å². The van der Waals surface area contributed by atoms with Gasteiger partial charge in [-0.15, -0.1) is 24.0 Å². The molecule has 0 saturated heterocycles. The van der Waals surface area contributed by atoms with Crippen LogP contribution >= 0.6 is 24.0 Å². The maximum absolute atomic E-state index is 12.5. The van der Waals surface area contributed by atoms with Gasteiger partial charge in [0.15, 0.2) is 5.96 Å². The molecule has 5 nitrogen and oxygen atoms in total. The first-order chi connectivity index (χ1) is 13.1. The van der Waals surface area contributed by atoms with Crippen molar-refractivity contribution in [2.75, 3.05) is 13.7 Å². The first-order valence-electron chi connectivity index (χ1n) is 8.74. The number of methoxy groups -OCH3 is 1. The fourth-order valence-corrected chi connectivity index (χ4v) is 2.54. The van der Waals surface area contributed by atoms with E-state index >= 15 is 0 Å². The lowest BCUT2D eigenvalue weighted by Crippen LogP contribution is -2.36. The molecule has 0 aromatic heterocycles. The number of nitrogens with one attached hydrogen (secondary N) is 2. The van der Waals surface area contributed by atoms with Gasteiger partial charge in [-0.1, -0.05) is 42.5 Å². The van der Waals surface area contributed by atoms with Crippen molar-refractivity contribution < 1.29 is 18.3 Å². The Morgan fingerprint density at radius 3 is 2.54 bits per heavy atom. The molecule has 28 heavy (non-hydrogen) atoms. The summed E-state index contributed by atoms with van der Waals surface area (Å²) in [5.74, 6) is 0.754. The summed E-state index contributed by atoms with van der Waals surface area (Å²) in [4.78, 5) is 4.56. The predicted molar refractivity (Wildman–Crippen MR) is 117 cm³/mol. The molecule has 2 rings (SSSR count). The zero-order valence-electron chi connectivity index (χ0n) is 16.0. The molecule has 8 heteroatoms. The summed E-state index contributed by atoms with van der Waals surface area (Å²) in [5, 5.41) is 6.30. The summed E-state index contributed by atoms with van der Waals surface area (Å²) in [7, 11) is 1.66. The van der Waals surface area contributed by atoms with E-state index < -0.39 is 6.61 Å². The number of benzene rings is 2. The second-order valence-electron chi connectivity index (χ2n) is 5.79. The average Bonchev–Trinajstić information content (AvgIpc) is 2.65. The Bertz CT molecular complexity index is 745. The molecular weight excluding hydrogens is 479 g/mol. The molecule has 154 valence electrons. The summed E-state index contributed by atoms with van der Waals surface area (Å²) in [6.07, 6.45) is 0. The summed E-state index contributed by atoms with van der Waals surface area (Å²) in [6, 6.07) is 14.7. The SMILES string of the molecule is CCNC(=NCc1cccc(COC)c1)NCc1ccccc1OC(F)F.I. The molecule has 2 aromatic rings. The van der Waals surface area contributed by atoms with Gasteiger partial charge in [0.25, 0.3) is 0 Å². The smallest absolute Gasteiger partial charge is 0.387 e. The van der Waals surface area contributed by atoms with Gasteiger partial charge in [-0.05, 0) is 24.1 Å². The van der Waals surface area contributed by atoms with Crippen LogP contribution in [0.2, 0.25) is 0 Å². The number of nitrogens with zero attached hydrogens (tertiary/aromatic N) is 1. The number of para-hydroxylation sites is 1. The molecule has 0 fully saturated rings. The zero-order valence-corrected chi connectivity index (χ0v) is 18.3. The largest absolute Gasteiger partial charge is 0.434 e. The normalized spacial score (nSPS) is 11.1. The van der Waals surface area contributed by atoms with E-state index in [0.717, 1.165) is 11.1 Å². The van der Waals surface area contributed by atoms with Gasteiger partial charge in [0, 0.05) is 25.8 Å². The lowest BCUT2D eigenvalue weighted by molar-refractivity contribution is -0.0504. The Kier molecular flexibility index (Phi) is 11.4. The quantitative estimate of drug-likeness (QED) is 0.303. The standard InChI is InChI=1S/C20H25F2N3O2.HI/c1-3-23-20(24-12-15-7-6-8-16(11-15)14-26-2)25-13-17-9-4-5-10-18(17)27-19(21)22;/h4-11,19H,3,12-14H2,1-2H3,(H2,23,24,25);1H. The molecule has 0 aliphatic carbocycles. The van der Waals surface area contributed by atoms with Crippen LogP contribution in [0.3, 0.4) is 0 Å². The molecule has 0 spiro atoms. The van der Waals surface area contributed by atoms with Gasteiger partial charge in [0.1, 0.15) is 5.75 Å². The van der Waals surface area contributed by atoms with Crippen LogP contribution in [0.1, 0.15) is 23.6 Å². The highest BCUT2D eigenvalue weighted by atomic mass is 127. The van der Waals surface area contributed by atoms with E-state index in [2.05, 4.69) is 20.4 Å². The van der Waals surface area contributed by atoms with Crippen LogP contribution in [0.5, 0.6) is 5.75 Å². The molecule has 0 heterocycles. The number of ether oxygens (including phenoxy) is 2. The third-order valence-corrected chi connectivity index (χ3v) is 3.70. The maximum atomic E-state index is 12.5. The minimum atomic E-state index is -2.85. The number of hydrogen-bond acceptors (Lipinski definition) is 3. The van der Waals surface area contributed by atoms with Crippen LogP contribution in [0.25, 0.3) is 0 Å². The fourth-order valence-electron chi connectivity index (χ4n) is 2.54. The van der Waals surface area contributed by atoms with E-state index in [9.17, 15) is 8.78 Å². The van der Waals surface area contributed by atoms with E-state index in [4.69, 9.17) is 4.74 Å². The molecule has 0 aliphatic heterocycles. The molecular formula is C20H26F2IN3O2. The van der Waals surface area contributed by atoms with Gasteiger partial charge < -0.3 is 20.1 Å². The molecule has 0 unspecified atom stereocenters. The Hall–Kier alpha value is -1.94. The first kappa shape index (κ1) is 24.1. The molecule has 0 amide bonds. The van der Waals surface area contributed by atoms with Crippen molar-refractivity contribution >= 4 is 29.9 Å². The summed E-state index contributed by atoms with van der Waals surface area (Å²) >= 11 is 0. The van der Waals surface area contributed by atoms with Crippen LogP contribution in [-0.2, 0) is 24.4 Å². The number of rotatable bonds is 9. The summed E-state index contributed by atoms with van der Waals surface area (Å²) < 4.78 is 34.8. The second kappa shape index (κ2) is 13.3. The van der Waals surface area contributed by atoms with Crippen LogP contribution in [0.4, 0.5) is 8.78 Å². The van der Waals surface area contributed by atoms with Crippen molar-refractivity contribution in [2.45, 2.75) is 33.2 Å². The second-order valence-corrected chi connectivity index (χ2v) is 5.79. The highest BCUT2D eigenvalue weighted by Gasteiger charge is 2.09. The van der Waals surface area contributed by atoms with E-state index in [1.165, 1.54) is 6.07 Å². The van der Waals surface area contributed by atoms with Gasteiger partial charge in [0.05, 0.1) is 13.2 Å². The number of halogens is 3. The topological polar surface area (TPSA) is 54.9 Å². The maximum Gasteiger partial charge on any atom is 0.387 e. The monoisotopic (exact) mass is 505 g/mol. The van der Waals surface area contributed by atoms with Gasteiger partial charge in [-0.3, -0.25) is 0 Å². The highest BCUT2D eigenvalue weighted by molar-refractivity contribution is 14.0. The van der Waals surface area contributed by atoms with Crippen LogP contribution in [0, 0.1) is 0 Å². The molecule has 0 saturated carbocycles. The van der Waals surface area contributed by atoms with Crippen molar-refractivity contribution in [3.63, 3.8) is 0 Å². The Morgan fingerprint density at radius 2 is 1.82 bits per heavy atom. The fraction of sp³-hybridized carbons (Fsp3) is 0.350. The number of guanidine groups is 1. The number of alkyl halides is 2. The van der Waals surface area contributed by atoms with Crippen molar-refractivity contribution in [3.8, 4) is 5.75 Å². The Labute approximate surface area is 181 Å².